The second-order valence-electron chi connectivity index (χ2n) is 8.48. The van der Waals surface area contributed by atoms with Gasteiger partial charge >= 0.3 is 0 Å². The Balaban J connectivity index is 1.45. The van der Waals surface area contributed by atoms with Crippen LogP contribution in [0.1, 0.15) is 42.6 Å². The van der Waals surface area contributed by atoms with Crippen LogP contribution in [0, 0.1) is 6.92 Å². The zero-order chi connectivity index (χ0) is 20.1. The third kappa shape index (κ3) is 3.10. The summed E-state index contributed by atoms with van der Waals surface area (Å²) in [6, 6.07) is 9.94. The van der Waals surface area contributed by atoms with Crippen molar-refractivity contribution in [1.82, 2.24) is 24.5 Å². The number of aryl methyl sites for hydroxylation is 1. The third-order valence-electron chi connectivity index (χ3n) is 5.38. The zero-order valence-corrected chi connectivity index (χ0v) is 17.0. The predicted octanol–water partition coefficient (Wildman–Crippen LogP) is 2.69. The van der Waals surface area contributed by atoms with Gasteiger partial charge in [0.15, 0.2) is 5.82 Å². The number of amides is 1. The Hall–Kier alpha value is -2.96. The zero-order valence-electron chi connectivity index (χ0n) is 17.0. The van der Waals surface area contributed by atoms with Gasteiger partial charge in [-0.2, -0.15) is 5.10 Å². The van der Waals surface area contributed by atoms with Gasteiger partial charge in [0.1, 0.15) is 11.3 Å². The van der Waals surface area contributed by atoms with Crippen LogP contribution >= 0.6 is 0 Å². The van der Waals surface area contributed by atoms with Gasteiger partial charge in [0.2, 0.25) is 0 Å². The molecule has 146 valence electrons. The smallest absolute Gasteiger partial charge is 0.272 e. The standard InChI is InChI=1S/C21H26N6O/c1-14-19(27-11-7-6-8-17(27)22-14)20(28)25(5)15-12-26(13-15)18-10-9-16(23-24-18)21(2,3)4/h6-11,15H,12-13H2,1-5H3. The maximum absolute atomic E-state index is 13.1. The number of hydrogen-bond donors (Lipinski definition) is 0. The predicted molar refractivity (Wildman–Crippen MR) is 109 cm³/mol. The van der Waals surface area contributed by atoms with E-state index in [0.29, 0.717) is 5.69 Å². The molecule has 0 spiro atoms. The first-order chi connectivity index (χ1) is 13.3. The van der Waals surface area contributed by atoms with E-state index in [1.165, 1.54) is 0 Å². The van der Waals surface area contributed by atoms with Gasteiger partial charge in [-0.25, -0.2) is 4.98 Å². The molecule has 28 heavy (non-hydrogen) atoms. The average molecular weight is 378 g/mol. The van der Waals surface area contributed by atoms with Gasteiger partial charge in [0.25, 0.3) is 5.91 Å². The monoisotopic (exact) mass is 378 g/mol. The highest BCUT2D eigenvalue weighted by Gasteiger charge is 2.35. The van der Waals surface area contributed by atoms with Crippen molar-refractivity contribution in [2.45, 2.75) is 39.2 Å². The van der Waals surface area contributed by atoms with E-state index in [2.05, 4.69) is 40.9 Å². The summed E-state index contributed by atoms with van der Waals surface area (Å²) in [6.45, 7) is 9.76. The Morgan fingerprint density at radius 1 is 1.14 bits per heavy atom. The summed E-state index contributed by atoms with van der Waals surface area (Å²) in [7, 11) is 1.86. The number of imidazole rings is 1. The molecule has 0 bridgehead atoms. The molecule has 1 fully saturated rings. The summed E-state index contributed by atoms with van der Waals surface area (Å²) >= 11 is 0. The third-order valence-corrected chi connectivity index (χ3v) is 5.38. The molecule has 1 amide bonds. The lowest BCUT2D eigenvalue weighted by Gasteiger charge is -2.44. The van der Waals surface area contributed by atoms with Crippen LogP contribution in [0.4, 0.5) is 5.82 Å². The first kappa shape index (κ1) is 18.4. The fraction of sp³-hybridized carbons (Fsp3) is 0.429. The fourth-order valence-electron chi connectivity index (χ4n) is 3.49. The largest absolute Gasteiger partial charge is 0.351 e. The van der Waals surface area contributed by atoms with Crippen molar-refractivity contribution >= 4 is 17.4 Å². The van der Waals surface area contributed by atoms with Gasteiger partial charge in [0.05, 0.1) is 17.4 Å². The molecule has 4 rings (SSSR count). The Bertz CT molecular complexity index is 1010. The van der Waals surface area contributed by atoms with Crippen molar-refractivity contribution in [3.63, 3.8) is 0 Å². The van der Waals surface area contributed by atoms with Crippen LogP contribution in [-0.4, -0.2) is 56.6 Å². The van der Waals surface area contributed by atoms with Crippen LogP contribution in [0.3, 0.4) is 0 Å². The number of aromatic nitrogens is 4. The van der Waals surface area contributed by atoms with E-state index in [4.69, 9.17) is 0 Å². The minimum absolute atomic E-state index is 0.00462. The number of anilines is 1. The average Bonchev–Trinajstić information content (AvgIpc) is 2.95. The maximum atomic E-state index is 13.1. The van der Waals surface area contributed by atoms with Gasteiger partial charge in [-0.15, -0.1) is 5.10 Å². The van der Waals surface area contributed by atoms with Gasteiger partial charge in [-0.3, -0.25) is 9.20 Å². The number of rotatable bonds is 3. The SMILES string of the molecule is Cc1nc2ccccn2c1C(=O)N(C)C1CN(c2ccc(C(C)(C)C)nn2)C1. The van der Waals surface area contributed by atoms with Crippen LogP contribution in [-0.2, 0) is 5.41 Å². The summed E-state index contributed by atoms with van der Waals surface area (Å²) in [5.41, 5.74) is 3.14. The number of fused-ring (bicyclic) bond motifs is 1. The first-order valence-electron chi connectivity index (χ1n) is 9.55. The molecule has 3 aromatic heterocycles. The van der Waals surface area contributed by atoms with Crippen LogP contribution in [0.5, 0.6) is 0 Å². The van der Waals surface area contributed by atoms with Crippen molar-refractivity contribution in [2.24, 2.45) is 0 Å². The van der Waals surface area contributed by atoms with Crippen LogP contribution in [0.2, 0.25) is 0 Å². The van der Waals surface area contributed by atoms with E-state index in [1.807, 2.05) is 59.8 Å². The Morgan fingerprint density at radius 3 is 2.54 bits per heavy atom. The van der Waals surface area contributed by atoms with E-state index in [-0.39, 0.29) is 17.4 Å². The molecule has 0 radical (unpaired) electrons. The number of carbonyl (C=O) groups is 1. The van der Waals surface area contributed by atoms with Crippen molar-refractivity contribution in [2.75, 3.05) is 25.0 Å². The lowest BCUT2D eigenvalue weighted by Crippen LogP contribution is -2.60. The van der Waals surface area contributed by atoms with E-state index in [9.17, 15) is 4.79 Å². The Morgan fingerprint density at radius 2 is 1.89 bits per heavy atom. The van der Waals surface area contributed by atoms with Crippen LogP contribution in [0.25, 0.3) is 5.65 Å². The molecule has 1 aliphatic heterocycles. The Labute approximate surface area is 165 Å². The molecule has 4 heterocycles. The molecule has 1 saturated heterocycles. The molecule has 1 aliphatic rings. The molecule has 0 atom stereocenters. The van der Waals surface area contributed by atoms with Crippen molar-refractivity contribution < 1.29 is 4.79 Å². The second kappa shape index (κ2) is 6.58. The molecule has 3 aromatic rings. The van der Waals surface area contributed by atoms with E-state index in [0.717, 1.165) is 35.9 Å². The normalized spacial score (nSPS) is 15.0. The van der Waals surface area contributed by atoms with Crippen molar-refractivity contribution in [3.05, 3.63) is 53.6 Å². The Kier molecular flexibility index (Phi) is 4.33. The number of nitrogens with zero attached hydrogens (tertiary/aromatic N) is 6. The molecular weight excluding hydrogens is 352 g/mol. The molecular formula is C21H26N6O. The van der Waals surface area contributed by atoms with Gasteiger partial charge in [0, 0.05) is 31.7 Å². The van der Waals surface area contributed by atoms with Gasteiger partial charge in [-0.05, 0) is 31.2 Å². The molecule has 0 aliphatic carbocycles. The van der Waals surface area contributed by atoms with Crippen molar-refractivity contribution in [1.29, 1.82) is 0 Å². The summed E-state index contributed by atoms with van der Waals surface area (Å²) in [6.07, 6.45) is 1.88. The van der Waals surface area contributed by atoms with Crippen LogP contribution in [0.15, 0.2) is 36.5 Å². The van der Waals surface area contributed by atoms with Gasteiger partial charge < -0.3 is 9.80 Å². The summed E-state index contributed by atoms with van der Waals surface area (Å²) < 4.78 is 1.86. The quantitative estimate of drug-likeness (QED) is 0.701. The summed E-state index contributed by atoms with van der Waals surface area (Å²) in [4.78, 5) is 21.6. The van der Waals surface area contributed by atoms with Gasteiger partial charge in [-0.1, -0.05) is 26.8 Å². The lowest BCUT2D eigenvalue weighted by atomic mass is 9.92. The summed E-state index contributed by atoms with van der Waals surface area (Å²) in [5, 5.41) is 8.73. The maximum Gasteiger partial charge on any atom is 0.272 e. The highest BCUT2D eigenvalue weighted by molar-refractivity contribution is 5.95. The second-order valence-corrected chi connectivity index (χ2v) is 8.48. The fourth-order valence-corrected chi connectivity index (χ4v) is 3.49. The van der Waals surface area contributed by atoms with Crippen molar-refractivity contribution in [3.8, 4) is 0 Å². The molecule has 7 heteroatoms. The number of carbonyl (C=O) groups excluding carboxylic acids is 1. The highest BCUT2D eigenvalue weighted by atomic mass is 16.2. The molecule has 7 nitrogen and oxygen atoms in total. The first-order valence-corrected chi connectivity index (χ1v) is 9.55. The molecule has 0 aromatic carbocycles. The van der Waals surface area contributed by atoms with E-state index in [1.54, 1.807) is 0 Å². The highest BCUT2D eigenvalue weighted by Crippen LogP contribution is 2.25. The molecule has 0 saturated carbocycles. The van der Waals surface area contributed by atoms with E-state index < -0.39 is 0 Å². The minimum Gasteiger partial charge on any atom is -0.351 e. The minimum atomic E-state index is -0.0124. The number of pyridine rings is 1. The topological polar surface area (TPSA) is 66.6 Å². The lowest BCUT2D eigenvalue weighted by molar-refractivity contribution is 0.0697. The number of hydrogen-bond acceptors (Lipinski definition) is 5. The molecule has 0 N–H and O–H groups in total. The van der Waals surface area contributed by atoms with Crippen LogP contribution < -0.4 is 4.90 Å². The van der Waals surface area contributed by atoms with E-state index >= 15 is 0 Å². The molecule has 0 unspecified atom stereocenters. The summed E-state index contributed by atoms with van der Waals surface area (Å²) in [5.74, 6) is 0.853. The number of likely N-dealkylation sites (N-methyl/N-ethyl adjacent to an activating group) is 1.